The van der Waals surface area contributed by atoms with Crippen LogP contribution in [0.5, 0.6) is 11.5 Å². The monoisotopic (exact) mass is 432 g/mol. The Morgan fingerprint density at radius 1 is 1.30 bits per heavy atom. The first-order valence-corrected chi connectivity index (χ1v) is 11.2. The topological polar surface area (TPSA) is 66.9 Å². The molecule has 5 rings (SSSR count). The lowest BCUT2D eigenvalue weighted by molar-refractivity contribution is -0.134. The molecule has 3 aliphatic rings. The number of thiazole rings is 1. The van der Waals surface area contributed by atoms with Crippen molar-refractivity contribution < 1.29 is 18.7 Å². The third-order valence-electron chi connectivity index (χ3n) is 6.15. The average Bonchev–Trinajstić information content (AvgIpc) is 3.28. The zero-order valence-corrected chi connectivity index (χ0v) is 17.7. The fourth-order valence-corrected chi connectivity index (χ4v) is 5.85. The zero-order chi connectivity index (χ0) is 20.7. The summed E-state index contributed by atoms with van der Waals surface area (Å²) in [6.07, 6.45) is 3.20. The van der Waals surface area contributed by atoms with Crippen LogP contribution in [-0.2, 0) is 17.8 Å². The minimum absolute atomic E-state index is 0.0933. The summed E-state index contributed by atoms with van der Waals surface area (Å²) >= 11 is 1.72. The number of hydrogen-bond donors (Lipinski definition) is 1. The molecule has 1 aromatic carbocycles. The highest BCUT2D eigenvalue weighted by atomic mass is 32.1. The summed E-state index contributed by atoms with van der Waals surface area (Å²) < 4.78 is 24.1. The quantitative estimate of drug-likeness (QED) is 0.782. The van der Waals surface area contributed by atoms with Crippen LogP contribution in [0.2, 0.25) is 0 Å². The van der Waals surface area contributed by atoms with Gasteiger partial charge in [-0.1, -0.05) is 11.3 Å². The second-order valence-electron chi connectivity index (χ2n) is 7.97. The van der Waals surface area contributed by atoms with E-state index in [1.807, 2.05) is 4.90 Å². The normalized spacial score (nSPS) is 22.7. The van der Waals surface area contributed by atoms with Crippen molar-refractivity contribution in [2.45, 2.75) is 37.9 Å². The fraction of sp³-hybridized carbons (Fsp3) is 0.524. The lowest BCUT2D eigenvalue weighted by atomic mass is 10.2. The third-order valence-corrected chi connectivity index (χ3v) is 7.25. The van der Waals surface area contributed by atoms with E-state index in [1.54, 1.807) is 11.3 Å². The van der Waals surface area contributed by atoms with Gasteiger partial charge < -0.3 is 24.6 Å². The number of nitrogens with zero attached hydrogens (tertiary/aromatic N) is 3. The number of anilines is 1. The van der Waals surface area contributed by atoms with Crippen LogP contribution >= 0.6 is 11.3 Å². The lowest BCUT2D eigenvalue weighted by Gasteiger charge is -2.35. The largest absolute Gasteiger partial charge is 0.493 e. The van der Waals surface area contributed by atoms with E-state index in [0.717, 1.165) is 30.3 Å². The van der Waals surface area contributed by atoms with Crippen LogP contribution in [0.3, 0.4) is 0 Å². The Morgan fingerprint density at radius 2 is 2.10 bits per heavy atom. The molecule has 3 aliphatic heterocycles. The van der Waals surface area contributed by atoms with Gasteiger partial charge in [0.1, 0.15) is 5.82 Å². The highest BCUT2D eigenvalue weighted by Crippen LogP contribution is 2.38. The number of nitrogens with one attached hydrogen (secondary N) is 1. The van der Waals surface area contributed by atoms with Gasteiger partial charge in [0.25, 0.3) is 5.91 Å². The van der Waals surface area contributed by atoms with Crippen LogP contribution < -0.4 is 19.7 Å². The number of hydrogen-bond acceptors (Lipinski definition) is 7. The highest BCUT2D eigenvalue weighted by molar-refractivity contribution is 7.15. The van der Waals surface area contributed by atoms with Gasteiger partial charge in [-0.3, -0.25) is 4.79 Å². The molecular weight excluding hydrogens is 407 g/mol. The number of aromatic nitrogens is 1. The van der Waals surface area contributed by atoms with Crippen molar-refractivity contribution in [2.75, 3.05) is 38.3 Å². The summed E-state index contributed by atoms with van der Waals surface area (Å²) in [7, 11) is 1.45. The van der Waals surface area contributed by atoms with E-state index < -0.39 is 5.82 Å². The fourth-order valence-electron chi connectivity index (χ4n) is 4.59. The van der Waals surface area contributed by atoms with Crippen LogP contribution in [0.25, 0.3) is 0 Å². The number of carbonyl (C=O) groups excluding carboxylic acids is 1. The van der Waals surface area contributed by atoms with E-state index in [-0.39, 0.29) is 18.3 Å². The summed E-state index contributed by atoms with van der Waals surface area (Å²) in [5, 5.41) is 4.61. The van der Waals surface area contributed by atoms with E-state index >= 15 is 0 Å². The van der Waals surface area contributed by atoms with Gasteiger partial charge in [0.2, 0.25) is 0 Å². The molecule has 0 radical (unpaired) electrons. The Kier molecular flexibility index (Phi) is 5.24. The van der Waals surface area contributed by atoms with Gasteiger partial charge in [-0.25, -0.2) is 9.37 Å². The molecule has 2 fully saturated rings. The summed E-state index contributed by atoms with van der Waals surface area (Å²) in [6, 6.07) is 5.08. The molecular formula is C21H25FN4O3S. The smallest absolute Gasteiger partial charge is 0.260 e. The number of fused-ring (bicyclic) bond motifs is 3. The molecule has 1 aromatic heterocycles. The Hall–Kier alpha value is -2.39. The molecule has 2 atom stereocenters. The molecule has 1 amide bonds. The number of piperazine rings is 1. The number of halogens is 1. The molecule has 2 saturated heterocycles. The molecule has 4 heterocycles. The molecule has 160 valence electrons. The van der Waals surface area contributed by atoms with Crippen molar-refractivity contribution in [1.29, 1.82) is 0 Å². The van der Waals surface area contributed by atoms with Crippen molar-refractivity contribution in [1.82, 2.24) is 15.2 Å². The Balaban J connectivity index is 1.24. The third kappa shape index (κ3) is 3.60. The summed E-state index contributed by atoms with van der Waals surface area (Å²) in [6.45, 7) is 3.14. The Labute approximate surface area is 178 Å². The molecule has 30 heavy (non-hydrogen) atoms. The van der Waals surface area contributed by atoms with Gasteiger partial charge >= 0.3 is 0 Å². The van der Waals surface area contributed by atoms with Crippen LogP contribution in [0.15, 0.2) is 18.2 Å². The van der Waals surface area contributed by atoms with Gasteiger partial charge in [0.05, 0.1) is 19.3 Å². The summed E-state index contributed by atoms with van der Waals surface area (Å²) in [4.78, 5) is 23.1. The molecule has 2 bridgehead atoms. The maximum absolute atomic E-state index is 13.3. The van der Waals surface area contributed by atoms with Gasteiger partial charge in [-0.2, -0.15) is 0 Å². The van der Waals surface area contributed by atoms with Crippen LogP contribution in [0.4, 0.5) is 9.52 Å². The number of benzene rings is 1. The van der Waals surface area contributed by atoms with Crippen LogP contribution in [-0.4, -0.2) is 61.2 Å². The zero-order valence-electron chi connectivity index (χ0n) is 16.9. The molecule has 0 saturated carbocycles. The number of amides is 1. The van der Waals surface area contributed by atoms with Gasteiger partial charge in [-0.15, -0.1) is 0 Å². The highest BCUT2D eigenvalue weighted by Gasteiger charge is 2.39. The second kappa shape index (κ2) is 8.03. The van der Waals surface area contributed by atoms with Gasteiger partial charge in [0.15, 0.2) is 23.2 Å². The van der Waals surface area contributed by atoms with E-state index in [9.17, 15) is 9.18 Å². The van der Waals surface area contributed by atoms with E-state index in [0.29, 0.717) is 30.9 Å². The lowest BCUT2D eigenvalue weighted by Crippen LogP contribution is -2.51. The van der Waals surface area contributed by atoms with Crippen LogP contribution in [0, 0.1) is 5.82 Å². The molecule has 2 unspecified atom stereocenters. The molecule has 0 aliphatic carbocycles. The first kappa shape index (κ1) is 19.6. The summed E-state index contributed by atoms with van der Waals surface area (Å²) in [5.41, 5.74) is 1.12. The van der Waals surface area contributed by atoms with E-state index in [2.05, 4.69) is 10.2 Å². The molecule has 9 heteroatoms. The average molecular weight is 433 g/mol. The van der Waals surface area contributed by atoms with Gasteiger partial charge in [-0.05, 0) is 25.0 Å². The minimum atomic E-state index is -0.409. The maximum Gasteiger partial charge on any atom is 0.260 e. The van der Waals surface area contributed by atoms with Crippen molar-refractivity contribution in [3.8, 4) is 11.5 Å². The molecule has 1 N–H and O–H groups in total. The number of carbonyl (C=O) groups is 1. The Morgan fingerprint density at radius 3 is 2.87 bits per heavy atom. The predicted octanol–water partition coefficient (Wildman–Crippen LogP) is 2.20. The standard InChI is InChI=1S/C21H25FN4O3S/c1-28-18-8-13(22)2-5-17(18)29-12-20(27)25-7-6-16-19(11-25)30-21(24-16)26-14-3-4-15(26)10-23-9-14/h2,5,8,14-15,23H,3-4,6-7,9-12H2,1H3. The second-order valence-corrected chi connectivity index (χ2v) is 9.03. The number of ether oxygens (including phenoxy) is 2. The predicted molar refractivity (Wildman–Crippen MR) is 112 cm³/mol. The first-order chi connectivity index (χ1) is 14.6. The number of rotatable bonds is 5. The SMILES string of the molecule is COc1cc(F)ccc1OCC(=O)N1CCc2nc(N3C4CCC3CNC4)sc2C1. The summed E-state index contributed by atoms with van der Waals surface area (Å²) in [5.74, 6) is 0.137. The van der Waals surface area contributed by atoms with Crippen molar-refractivity contribution in [2.24, 2.45) is 0 Å². The maximum atomic E-state index is 13.3. The van der Waals surface area contributed by atoms with Crippen molar-refractivity contribution in [3.63, 3.8) is 0 Å². The van der Waals surface area contributed by atoms with E-state index in [1.165, 1.54) is 43.0 Å². The molecule has 7 nitrogen and oxygen atoms in total. The minimum Gasteiger partial charge on any atom is -0.493 e. The van der Waals surface area contributed by atoms with E-state index in [4.69, 9.17) is 14.5 Å². The van der Waals surface area contributed by atoms with Gasteiger partial charge in [0, 0.05) is 49.1 Å². The first-order valence-electron chi connectivity index (χ1n) is 10.3. The molecule has 2 aromatic rings. The van der Waals surface area contributed by atoms with Crippen molar-refractivity contribution >= 4 is 22.4 Å². The van der Waals surface area contributed by atoms with Crippen molar-refractivity contribution in [3.05, 3.63) is 34.6 Å². The van der Waals surface area contributed by atoms with Crippen LogP contribution in [0.1, 0.15) is 23.4 Å². The number of methoxy groups -OCH3 is 1. The molecule has 0 spiro atoms. The Bertz CT molecular complexity index is 936.